The Morgan fingerprint density at radius 3 is 2.80 bits per heavy atom. The minimum atomic E-state index is -0.580. The maximum atomic E-state index is 11.8. The van der Waals surface area contributed by atoms with Crippen molar-refractivity contribution in [1.82, 2.24) is 0 Å². The van der Waals surface area contributed by atoms with E-state index in [2.05, 4.69) is 15.9 Å². The fourth-order valence-corrected chi connectivity index (χ4v) is 2.62. The lowest BCUT2D eigenvalue weighted by Crippen LogP contribution is -2.06. The first-order valence-electron chi connectivity index (χ1n) is 7.29. The third kappa shape index (κ3) is 3.83. The second-order valence-corrected chi connectivity index (χ2v) is 6.04. The van der Waals surface area contributed by atoms with Gasteiger partial charge in [-0.05, 0) is 53.2 Å². The average Bonchev–Trinajstić information content (AvgIpc) is 3.00. The number of benzene rings is 1. The van der Waals surface area contributed by atoms with E-state index in [0.717, 1.165) is 0 Å². The van der Waals surface area contributed by atoms with Gasteiger partial charge in [0.1, 0.15) is 23.7 Å². The smallest absolute Gasteiger partial charge is 0.336 e. The summed E-state index contributed by atoms with van der Waals surface area (Å²) in [6.07, 6.45) is 2.71. The van der Waals surface area contributed by atoms with Crippen LogP contribution in [0.25, 0.3) is 17.0 Å². The van der Waals surface area contributed by atoms with Crippen LogP contribution in [-0.4, -0.2) is 11.1 Å². The number of phenols is 1. The lowest BCUT2D eigenvalue weighted by Gasteiger charge is -2.08. The molecule has 0 spiro atoms. The van der Waals surface area contributed by atoms with Gasteiger partial charge < -0.3 is 18.7 Å². The van der Waals surface area contributed by atoms with Gasteiger partial charge in [-0.25, -0.2) is 9.59 Å². The quantitative estimate of drug-likeness (QED) is 0.402. The number of aryl methyl sites for hydroxylation is 1. The molecule has 7 heteroatoms. The Balaban J connectivity index is 1.79. The van der Waals surface area contributed by atoms with Crippen molar-refractivity contribution in [2.45, 2.75) is 13.5 Å². The van der Waals surface area contributed by atoms with Crippen LogP contribution in [0.5, 0.6) is 5.75 Å². The van der Waals surface area contributed by atoms with Crippen LogP contribution in [-0.2, 0) is 16.1 Å². The van der Waals surface area contributed by atoms with Gasteiger partial charge in [-0.2, -0.15) is 0 Å². The number of aromatic hydroxyl groups is 1. The van der Waals surface area contributed by atoms with Gasteiger partial charge in [-0.15, -0.1) is 0 Å². The first kappa shape index (κ1) is 17.0. The Kier molecular flexibility index (Phi) is 4.76. The lowest BCUT2D eigenvalue weighted by molar-refractivity contribution is -0.138. The van der Waals surface area contributed by atoms with Gasteiger partial charge >= 0.3 is 11.6 Å². The maximum Gasteiger partial charge on any atom is 0.336 e. The molecule has 3 rings (SSSR count). The molecule has 0 aliphatic rings. The molecule has 0 amide bonds. The number of halogens is 1. The summed E-state index contributed by atoms with van der Waals surface area (Å²) in [5, 5.41) is 10.3. The van der Waals surface area contributed by atoms with E-state index in [0.29, 0.717) is 26.9 Å². The average molecular weight is 405 g/mol. The number of hydrogen-bond donors (Lipinski definition) is 1. The molecule has 0 bridgehead atoms. The summed E-state index contributed by atoms with van der Waals surface area (Å²) in [6.45, 7) is 1.54. The first-order valence-corrected chi connectivity index (χ1v) is 8.09. The molecule has 0 saturated carbocycles. The van der Waals surface area contributed by atoms with Gasteiger partial charge in [-0.1, -0.05) is 0 Å². The van der Waals surface area contributed by atoms with Crippen molar-refractivity contribution in [1.29, 1.82) is 0 Å². The normalized spacial score (nSPS) is 11.3. The van der Waals surface area contributed by atoms with Crippen LogP contribution in [0, 0.1) is 6.92 Å². The number of carbonyl (C=O) groups excluding carboxylic acids is 1. The summed E-state index contributed by atoms with van der Waals surface area (Å²) in [7, 11) is 0. The molecule has 128 valence electrons. The van der Waals surface area contributed by atoms with Gasteiger partial charge in [0, 0.05) is 28.7 Å². The molecule has 1 aromatic carbocycles. The summed E-state index contributed by atoms with van der Waals surface area (Å²) in [5.41, 5.74) is 0.640. The third-order valence-corrected chi connectivity index (χ3v) is 3.99. The highest BCUT2D eigenvalue weighted by atomic mass is 79.9. The standard InChI is InChI=1S/C18H13BrO6/c1-10-14(20)5-4-13-11(8-17(22)25-18(10)13)9-23-16(21)7-3-12-2-6-15(19)24-12/h2-8,20H,9H2,1H3/b7-3+. The number of ether oxygens (including phenoxy) is 1. The monoisotopic (exact) mass is 404 g/mol. The fourth-order valence-electron chi connectivity index (χ4n) is 2.30. The number of esters is 1. The number of furan rings is 1. The van der Waals surface area contributed by atoms with Crippen molar-refractivity contribution < 1.29 is 23.5 Å². The Morgan fingerprint density at radius 1 is 1.28 bits per heavy atom. The van der Waals surface area contributed by atoms with Crippen molar-refractivity contribution in [2.24, 2.45) is 0 Å². The van der Waals surface area contributed by atoms with Crippen molar-refractivity contribution in [3.05, 3.63) is 68.4 Å². The van der Waals surface area contributed by atoms with Gasteiger partial charge in [0.2, 0.25) is 0 Å². The summed E-state index contributed by atoms with van der Waals surface area (Å²) in [5.74, 6) is -0.0533. The van der Waals surface area contributed by atoms with Crippen molar-refractivity contribution in [3.63, 3.8) is 0 Å². The van der Waals surface area contributed by atoms with E-state index < -0.39 is 11.6 Å². The minimum Gasteiger partial charge on any atom is -0.508 e. The highest BCUT2D eigenvalue weighted by Gasteiger charge is 2.12. The molecule has 0 atom stereocenters. The van der Waals surface area contributed by atoms with E-state index in [1.165, 1.54) is 24.3 Å². The minimum absolute atomic E-state index is 0.0253. The second kappa shape index (κ2) is 6.98. The molecule has 0 unspecified atom stereocenters. The molecule has 0 radical (unpaired) electrons. The molecule has 0 saturated heterocycles. The van der Waals surface area contributed by atoms with Crippen LogP contribution in [0.1, 0.15) is 16.9 Å². The van der Waals surface area contributed by atoms with Gasteiger partial charge in [-0.3, -0.25) is 0 Å². The summed E-state index contributed by atoms with van der Waals surface area (Å²) in [4.78, 5) is 23.5. The SMILES string of the molecule is Cc1c(O)ccc2c(COC(=O)/C=C/c3ccc(Br)o3)cc(=O)oc12. The van der Waals surface area contributed by atoms with E-state index >= 15 is 0 Å². The Hall–Kier alpha value is -2.80. The lowest BCUT2D eigenvalue weighted by atomic mass is 10.1. The highest BCUT2D eigenvalue weighted by Crippen LogP contribution is 2.27. The Bertz CT molecular complexity index is 1030. The van der Waals surface area contributed by atoms with Crippen LogP contribution in [0.4, 0.5) is 0 Å². The molecule has 6 nitrogen and oxygen atoms in total. The number of fused-ring (bicyclic) bond motifs is 1. The van der Waals surface area contributed by atoms with Crippen molar-refractivity contribution in [3.8, 4) is 5.75 Å². The number of carbonyl (C=O) groups is 1. The predicted octanol–water partition coefficient (Wildman–Crippen LogP) is 3.92. The van der Waals surface area contributed by atoms with Crippen molar-refractivity contribution in [2.75, 3.05) is 0 Å². The maximum absolute atomic E-state index is 11.8. The van der Waals surface area contributed by atoms with Crippen LogP contribution in [0.15, 0.2) is 54.7 Å². The topological polar surface area (TPSA) is 89.9 Å². The first-order chi connectivity index (χ1) is 11.9. The highest BCUT2D eigenvalue weighted by molar-refractivity contribution is 9.10. The molecule has 2 aromatic heterocycles. The van der Waals surface area contributed by atoms with Gasteiger partial charge in [0.25, 0.3) is 0 Å². The molecule has 3 aromatic rings. The molecular formula is C18H13BrO6. The number of rotatable bonds is 4. The molecule has 0 aliphatic carbocycles. The number of phenolic OH excluding ortho intramolecular Hbond substituents is 1. The second-order valence-electron chi connectivity index (χ2n) is 5.26. The largest absolute Gasteiger partial charge is 0.508 e. The van der Waals surface area contributed by atoms with E-state index in [1.807, 2.05) is 0 Å². The van der Waals surface area contributed by atoms with Crippen molar-refractivity contribution >= 4 is 38.9 Å². The van der Waals surface area contributed by atoms with Crippen LogP contribution in [0.2, 0.25) is 0 Å². The third-order valence-electron chi connectivity index (χ3n) is 3.57. The Morgan fingerprint density at radius 2 is 2.08 bits per heavy atom. The van der Waals surface area contributed by atoms with Crippen LogP contribution in [0.3, 0.4) is 0 Å². The molecule has 2 heterocycles. The zero-order valence-corrected chi connectivity index (χ0v) is 14.7. The summed E-state index contributed by atoms with van der Waals surface area (Å²) < 4.78 is 16.1. The van der Waals surface area contributed by atoms with E-state index in [1.54, 1.807) is 25.1 Å². The zero-order valence-electron chi connectivity index (χ0n) is 13.1. The molecule has 0 aliphatic heterocycles. The summed E-state index contributed by atoms with van der Waals surface area (Å²) >= 11 is 3.17. The molecular weight excluding hydrogens is 392 g/mol. The van der Waals surface area contributed by atoms with Gasteiger partial charge in [0.05, 0.1) is 0 Å². The van der Waals surface area contributed by atoms with E-state index in [-0.39, 0.29) is 17.9 Å². The zero-order chi connectivity index (χ0) is 18.0. The molecule has 25 heavy (non-hydrogen) atoms. The van der Waals surface area contributed by atoms with E-state index in [4.69, 9.17) is 13.6 Å². The molecule has 1 N–H and O–H groups in total. The number of hydrogen-bond acceptors (Lipinski definition) is 6. The van der Waals surface area contributed by atoms with Crippen LogP contribution < -0.4 is 5.63 Å². The Labute approximate surface area is 150 Å². The van der Waals surface area contributed by atoms with Gasteiger partial charge in [0.15, 0.2) is 4.67 Å². The van der Waals surface area contributed by atoms with Crippen LogP contribution >= 0.6 is 15.9 Å². The van der Waals surface area contributed by atoms with E-state index in [9.17, 15) is 14.7 Å². The molecule has 0 fully saturated rings. The predicted molar refractivity (Wildman–Crippen MR) is 94.1 cm³/mol. The fraction of sp³-hybridized carbons (Fsp3) is 0.111. The summed E-state index contributed by atoms with van der Waals surface area (Å²) in [6, 6.07) is 7.77.